The fourth-order valence-corrected chi connectivity index (χ4v) is 1.66. The Kier molecular flexibility index (Phi) is 4.77. The minimum Gasteiger partial charge on any atom is -0.466 e. The molecule has 0 amide bonds. The van der Waals surface area contributed by atoms with Crippen molar-refractivity contribution in [2.45, 2.75) is 26.7 Å². The molecule has 2 heteroatoms. The first-order valence-corrected chi connectivity index (χ1v) is 5.59. The monoisotopic (exact) mass is 218 g/mol. The van der Waals surface area contributed by atoms with Crippen molar-refractivity contribution >= 4 is 12.0 Å². The quantitative estimate of drug-likeness (QED) is 0.573. The number of benzene rings is 1. The SMILES string of the molecule is CCc1ccc(/C=C/C(=O)OC)cc1CC. The van der Waals surface area contributed by atoms with Crippen molar-refractivity contribution in [3.8, 4) is 0 Å². The van der Waals surface area contributed by atoms with Crippen LogP contribution in [0.1, 0.15) is 30.5 Å². The second kappa shape index (κ2) is 6.11. The van der Waals surface area contributed by atoms with Gasteiger partial charge in [0, 0.05) is 6.08 Å². The first-order chi connectivity index (χ1) is 7.71. The van der Waals surface area contributed by atoms with Crippen LogP contribution in [0.15, 0.2) is 24.3 Å². The highest BCUT2D eigenvalue weighted by atomic mass is 16.5. The lowest BCUT2D eigenvalue weighted by Gasteiger charge is -2.06. The van der Waals surface area contributed by atoms with Gasteiger partial charge in [-0.05, 0) is 35.6 Å². The summed E-state index contributed by atoms with van der Waals surface area (Å²) >= 11 is 0. The summed E-state index contributed by atoms with van der Waals surface area (Å²) in [6.45, 7) is 4.29. The zero-order chi connectivity index (χ0) is 12.0. The Labute approximate surface area is 96.9 Å². The van der Waals surface area contributed by atoms with Crippen LogP contribution in [0.4, 0.5) is 0 Å². The zero-order valence-electron chi connectivity index (χ0n) is 10.1. The normalized spacial score (nSPS) is 10.7. The van der Waals surface area contributed by atoms with Crippen molar-refractivity contribution in [1.29, 1.82) is 0 Å². The van der Waals surface area contributed by atoms with Crippen molar-refractivity contribution in [3.05, 3.63) is 41.0 Å². The molecule has 1 rings (SSSR count). The molecule has 0 heterocycles. The van der Waals surface area contributed by atoms with Gasteiger partial charge < -0.3 is 4.74 Å². The zero-order valence-corrected chi connectivity index (χ0v) is 10.1. The Bertz CT molecular complexity index is 392. The Hall–Kier alpha value is -1.57. The summed E-state index contributed by atoms with van der Waals surface area (Å²) in [5, 5.41) is 0. The number of ether oxygens (including phenoxy) is 1. The summed E-state index contributed by atoms with van der Waals surface area (Å²) < 4.78 is 4.55. The highest BCUT2D eigenvalue weighted by molar-refractivity contribution is 5.86. The van der Waals surface area contributed by atoms with E-state index in [-0.39, 0.29) is 5.97 Å². The number of aryl methyl sites for hydroxylation is 2. The van der Waals surface area contributed by atoms with Gasteiger partial charge in [-0.3, -0.25) is 0 Å². The second-order valence-electron chi connectivity index (χ2n) is 3.59. The average molecular weight is 218 g/mol. The van der Waals surface area contributed by atoms with E-state index < -0.39 is 0 Å². The standard InChI is InChI=1S/C14H18O2/c1-4-12-8-6-11(10-13(12)5-2)7-9-14(15)16-3/h6-10H,4-5H2,1-3H3/b9-7+. The first-order valence-electron chi connectivity index (χ1n) is 5.59. The first kappa shape index (κ1) is 12.5. The number of carbonyl (C=O) groups is 1. The molecule has 0 unspecified atom stereocenters. The molecule has 16 heavy (non-hydrogen) atoms. The molecule has 0 saturated carbocycles. The molecule has 0 aromatic heterocycles. The topological polar surface area (TPSA) is 26.3 Å². The van der Waals surface area contributed by atoms with Crippen molar-refractivity contribution in [3.63, 3.8) is 0 Å². The smallest absolute Gasteiger partial charge is 0.330 e. The summed E-state index contributed by atoms with van der Waals surface area (Å²) in [6.07, 6.45) is 5.29. The third-order valence-corrected chi connectivity index (χ3v) is 2.61. The largest absolute Gasteiger partial charge is 0.466 e. The maximum Gasteiger partial charge on any atom is 0.330 e. The number of esters is 1. The van der Waals surface area contributed by atoms with Gasteiger partial charge in [0.15, 0.2) is 0 Å². The molecular weight excluding hydrogens is 200 g/mol. The molecular formula is C14H18O2. The minimum absolute atomic E-state index is 0.322. The van der Waals surface area contributed by atoms with Crippen LogP contribution in [0.25, 0.3) is 6.08 Å². The number of rotatable bonds is 4. The minimum atomic E-state index is -0.322. The fraction of sp³-hybridized carbons (Fsp3) is 0.357. The van der Waals surface area contributed by atoms with Gasteiger partial charge in [0.1, 0.15) is 0 Å². The van der Waals surface area contributed by atoms with E-state index in [9.17, 15) is 4.79 Å². The van der Waals surface area contributed by atoms with Crippen molar-refractivity contribution < 1.29 is 9.53 Å². The molecule has 0 bridgehead atoms. The highest BCUT2D eigenvalue weighted by Crippen LogP contribution is 2.14. The Morgan fingerprint density at radius 1 is 1.25 bits per heavy atom. The van der Waals surface area contributed by atoms with Crippen molar-refractivity contribution in [2.24, 2.45) is 0 Å². The van der Waals surface area contributed by atoms with E-state index in [1.165, 1.54) is 24.3 Å². The number of hydrogen-bond acceptors (Lipinski definition) is 2. The van der Waals surface area contributed by atoms with Crippen LogP contribution >= 0.6 is 0 Å². The summed E-state index contributed by atoms with van der Waals surface area (Å²) in [4.78, 5) is 11.0. The van der Waals surface area contributed by atoms with E-state index in [0.29, 0.717) is 0 Å². The third-order valence-electron chi connectivity index (χ3n) is 2.61. The fourth-order valence-electron chi connectivity index (χ4n) is 1.66. The maximum absolute atomic E-state index is 11.0. The van der Waals surface area contributed by atoms with Crippen LogP contribution in [0.2, 0.25) is 0 Å². The van der Waals surface area contributed by atoms with Gasteiger partial charge in [-0.2, -0.15) is 0 Å². The lowest BCUT2D eigenvalue weighted by atomic mass is 10.00. The Morgan fingerprint density at radius 3 is 2.50 bits per heavy atom. The summed E-state index contributed by atoms with van der Waals surface area (Å²) in [5.74, 6) is -0.322. The lowest BCUT2D eigenvalue weighted by molar-refractivity contribution is -0.134. The van der Waals surface area contributed by atoms with E-state index in [1.54, 1.807) is 6.08 Å². The molecule has 1 aromatic rings. The summed E-state index contributed by atoms with van der Waals surface area (Å²) in [6, 6.07) is 6.27. The molecule has 0 atom stereocenters. The third kappa shape index (κ3) is 3.23. The molecule has 0 saturated heterocycles. The Balaban J connectivity index is 2.91. The average Bonchev–Trinajstić information content (AvgIpc) is 2.35. The summed E-state index contributed by atoms with van der Waals surface area (Å²) in [7, 11) is 1.38. The van der Waals surface area contributed by atoms with Gasteiger partial charge in [-0.1, -0.05) is 32.0 Å². The van der Waals surface area contributed by atoms with Crippen LogP contribution in [-0.4, -0.2) is 13.1 Å². The molecule has 1 aromatic carbocycles. The second-order valence-corrected chi connectivity index (χ2v) is 3.59. The van der Waals surface area contributed by atoms with Crippen LogP contribution < -0.4 is 0 Å². The van der Waals surface area contributed by atoms with Gasteiger partial charge in [0.25, 0.3) is 0 Å². The molecule has 0 aliphatic carbocycles. The van der Waals surface area contributed by atoms with Crippen LogP contribution in [0.3, 0.4) is 0 Å². The molecule has 0 radical (unpaired) electrons. The molecule has 0 spiro atoms. The van der Waals surface area contributed by atoms with E-state index in [1.807, 2.05) is 6.07 Å². The number of methoxy groups -OCH3 is 1. The summed E-state index contributed by atoms with van der Waals surface area (Å²) in [5.41, 5.74) is 3.76. The molecule has 2 nitrogen and oxygen atoms in total. The molecule has 86 valence electrons. The maximum atomic E-state index is 11.0. The van der Waals surface area contributed by atoms with Gasteiger partial charge in [-0.25, -0.2) is 4.79 Å². The van der Waals surface area contributed by atoms with E-state index in [0.717, 1.165) is 18.4 Å². The molecule has 0 aliphatic heterocycles. The van der Waals surface area contributed by atoms with Gasteiger partial charge in [0.2, 0.25) is 0 Å². The van der Waals surface area contributed by atoms with Crippen LogP contribution in [0.5, 0.6) is 0 Å². The number of carbonyl (C=O) groups excluding carboxylic acids is 1. The van der Waals surface area contributed by atoms with Gasteiger partial charge in [0.05, 0.1) is 7.11 Å². The predicted molar refractivity (Wildman–Crippen MR) is 66.2 cm³/mol. The Morgan fingerprint density at radius 2 is 1.94 bits per heavy atom. The molecule has 0 fully saturated rings. The van der Waals surface area contributed by atoms with E-state index in [4.69, 9.17) is 0 Å². The highest BCUT2D eigenvalue weighted by Gasteiger charge is 1.99. The molecule has 0 N–H and O–H groups in total. The van der Waals surface area contributed by atoms with E-state index >= 15 is 0 Å². The van der Waals surface area contributed by atoms with Gasteiger partial charge in [-0.15, -0.1) is 0 Å². The number of hydrogen-bond donors (Lipinski definition) is 0. The van der Waals surface area contributed by atoms with E-state index in [2.05, 4.69) is 30.7 Å². The lowest BCUT2D eigenvalue weighted by Crippen LogP contribution is -1.94. The van der Waals surface area contributed by atoms with Crippen molar-refractivity contribution in [2.75, 3.05) is 7.11 Å². The van der Waals surface area contributed by atoms with Crippen molar-refractivity contribution in [1.82, 2.24) is 0 Å². The molecule has 0 aliphatic rings. The predicted octanol–water partition coefficient (Wildman–Crippen LogP) is 3.00. The van der Waals surface area contributed by atoms with Crippen LogP contribution in [-0.2, 0) is 22.4 Å². The van der Waals surface area contributed by atoms with Crippen LogP contribution in [0, 0.1) is 0 Å². The van der Waals surface area contributed by atoms with Gasteiger partial charge >= 0.3 is 5.97 Å².